The van der Waals surface area contributed by atoms with Gasteiger partial charge in [-0.05, 0) is 36.8 Å². The number of amides is 1. The summed E-state index contributed by atoms with van der Waals surface area (Å²) in [5.41, 5.74) is 0. The normalized spacial score (nSPS) is 24.6. The number of tetrazole rings is 1. The van der Waals surface area contributed by atoms with Crippen molar-refractivity contribution in [2.75, 3.05) is 7.05 Å². The number of rotatable bonds is 3. The molecule has 94 valence electrons. The van der Waals surface area contributed by atoms with E-state index in [4.69, 9.17) is 0 Å². The van der Waals surface area contributed by atoms with Gasteiger partial charge in [-0.1, -0.05) is 13.3 Å². The molecule has 1 amide bonds. The smallest absolute Gasteiger partial charge is 0.295 e. The summed E-state index contributed by atoms with van der Waals surface area (Å²) in [6.45, 7) is 2.24. The molecule has 2 rings (SSSR count). The first kappa shape index (κ1) is 12.0. The van der Waals surface area contributed by atoms with Crippen LogP contribution in [0.15, 0.2) is 0 Å². The number of H-pyrrole nitrogens is 1. The molecule has 17 heavy (non-hydrogen) atoms. The van der Waals surface area contributed by atoms with E-state index >= 15 is 0 Å². The SMILES string of the molecule is CCC1CCC(N(C)C(=O)c2nn[nH]n2)CC1. The van der Waals surface area contributed by atoms with Gasteiger partial charge in [-0.3, -0.25) is 4.79 Å². The van der Waals surface area contributed by atoms with Gasteiger partial charge in [-0.25, -0.2) is 0 Å². The minimum atomic E-state index is -0.140. The van der Waals surface area contributed by atoms with Crippen molar-refractivity contribution in [1.82, 2.24) is 25.5 Å². The number of nitrogens with zero attached hydrogens (tertiary/aromatic N) is 4. The van der Waals surface area contributed by atoms with Crippen LogP contribution < -0.4 is 0 Å². The molecule has 0 unspecified atom stereocenters. The van der Waals surface area contributed by atoms with Crippen molar-refractivity contribution in [2.24, 2.45) is 5.92 Å². The Balaban J connectivity index is 1.92. The van der Waals surface area contributed by atoms with Crippen LogP contribution in [-0.4, -0.2) is 44.5 Å². The predicted molar refractivity (Wildman–Crippen MR) is 62.3 cm³/mol. The molecule has 1 aromatic rings. The molecule has 1 fully saturated rings. The van der Waals surface area contributed by atoms with Gasteiger partial charge >= 0.3 is 0 Å². The van der Waals surface area contributed by atoms with Crippen molar-refractivity contribution in [3.63, 3.8) is 0 Å². The Kier molecular flexibility index (Phi) is 3.71. The fourth-order valence-corrected chi connectivity index (χ4v) is 2.52. The molecule has 0 radical (unpaired) electrons. The molecule has 1 aromatic heterocycles. The van der Waals surface area contributed by atoms with E-state index in [9.17, 15) is 4.79 Å². The zero-order chi connectivity index (χ0) is 12.3. The number of aromatic nitrogens is 4. The first-order valence-corrected chi connectivity index (χ1v) is 6.23. The molecule has 0 aliphatic heterocycles. The van der Waals surface area contributed by atoms with Gasteiger partial charge in [-0.15, -0.1) is 10.2 Å². The Hall–Kier alpha value is -1.46. The van der Waals surface area contributed by atoms with Gasteiger partial charge < -0.3 is 4.90 Å². The summed E-state index contributed by atoms with van der Waals surface area (Å²) in [7, 11) is 1.83. The van der Waals surface area contributed by atoms with E-state index in [1.807, 2.05) is 7.05 Å². The Bertz CT molecular complexity index is 356. The molecule has 1 heterocycles. The third kappa shape index (κ3) is 2.62. The maximum Gasteiger partial charge on any atom is 0.295 e. The van der Waals surface area contributed by atoms with Gasteiger partial charge in [0.1, 0.15) is 0 Å². The van der Waals surface area contributed by atoms with E-state index in [0.717, 1.165) is 18.8 Å². The van der Waals surface area contributed by atoms with Crippen LogP contribution >= 0.6 is 0 Å². The fraction of sp³-hybridized carbons (Fsp3) is 0.818. The van der Waals surface area contributed by atoms with Crippen molar-refractivity contribution >= 4 is 5.91 Å². The number of aromatic amines is 1. The van der Waals surface area contributed by atoms with Crippen LogP contribution in [0.5, 0.6) is 0 Å². The largest absolute Gasteiger partial charge is 0.336 e. The predicted octanol–water partition coefficient (Wildman–Crippen LogP) is 1.24. The summed E-state index contributed by atoms with van der Waals surface area (Å²) >= 11 is 0. The number of carbonyl (C=O) groups is 1. The van der Waals surface area contributed by atoms with Gasteiger partial charge in [0.25, 0.3) is 11.7 Å². The van der Waals surface area contributed by atoms with Crippen molar-refractivity contribution in [2.45, 2.75) is 45.1 Å². The molecule has 0 spiro atoms. The summed E-state index contributed by atoms with van der Waals surface area (Å²) in [6, 6.07) is 0.323. The minimum Gasteiger partial charge on any atom is -0.336 e. The van der Waals surface area contributed by atoms with Gasteiger partial charge in [0, 0.05) is 13.1 Å². The lowest BCUT2D eigenvalue weighted by molar-refractivity contribution is 0.0662. The molecule has 6 nitrogen and oxygen atoms in total. The Morgan fingerprint density at radius 3 is 2.65 bits per heavy atom. The van der Waals surface area contributed by atoms with Gasteiger partial charge in [-0.2, -0.15) is 5.21 Å². The second-order valence-electron chi connectivity index (χ2n) is 4.73. The molecule has 6 heteroatoms. The summed E-state index contributed by atoms with van der Waals surface area (Å²) in [5.74, 6) is 0.851. The molecule has 0 atom stereocenters. The van der Waals surface area contributed by atoms with Gasteiger partial charge in [0.2, 0.25) is 0 Å². The molecule has 1 aliphatic carbocycles. The zero-order valence-electron chi connectivity index (χ0n) is 10.4. The summed E-state index contributed by atoms with van der Waals surface area (Å²) in [6.07, 6.45) is 5.84. The van der Waals surface area contributed by atoms with E-state index in [-0.39, 0.29) is 11.7 Å². The zero-order valence-corrected chi connectivity index (χ0v) is 10.4. The Morgan fingerprint density at radius 2 is 2.12 bits per heavy atom. The Morgan fingerprint density at radius 1 is 1.41 bits per heavy atom. The van der Waals surface area contributed by atoms with Crippen molar-refractivity contribution in [3.8, 4) is 0 Å². The third-order valence-electron chi connectivity index (χ3n) is 3.80. The van der Waals surface area contributed by atoms with Gasteiger partial charge in [0.15, 0.2) is 0 Å². The van der Waals surface area contributed by atoms with Crippen LogP contribution in [-0.2, 0) is 0 Å². The Labute approximate surface area is 101 Å². The van der Waals surface area contributed by atoms with Crippen molar-refractivity contribution in [1.29, 1.82) is 0 Å². The molecular formula is C11H19N5O. The lowest BCUT2D eigenvalue weighted by atomic mass is 9.84. The van der Waals surface area contributed by atoms with Crippen LogP contribution in [0.3, 0.4) is 0 Å². The highest BCUT2D eigenvalue weighted by Gasteiger charge is 2.27. The second kappa shape index (κ2) is 5.25. The second-order valence-corrected chi connectivity index (χ2v) is 4.73. The molecule has 0 aromatic carbocycles. The minimum absolute atomic E-state index is 0.140. The standard InChI is InChI=1S/C11H19N5O/c1-3-8-4-6-9(7-5-8)16(2)11(17)10-12-14-15-13-10/h8-9H,3-7H2,1-2H3,(H,12,13,14,15). The molecule has 0 bridgehead atoms. The van der Waals surface area contributed by atoms with Crippen molar-refractivity contribution in [3.05, 3.63) is 5.82 Å². The first-order valence-electron chi connectivity index (χ1n) is 6.23. The highest BCUT2D eigenvalue weighted by atomic mass is 16.2. The highest BCUT2D eigenvalue weighted by molar-refractivity contribution is 5.90. The fourth-order valence-electron chi connectivity index (χ4n) is 2.52. The van der Waals surface area contributed by atoms with Crippen LogP contribution in [0.25, 0.3) is 0 Å². The molecule has 1 aliphatic rings. The summed E-state index contributed by atoms with van der Waals surface area (Å²) in [5, 5.41) is 13.2. The number of hydrogen-bond acceptors (Lipinski definition) is 4. The number of hydrogen-bond donors (Lipinski definition) is 1. The highest BCUT2D eigenvalue weighted by Crippen LogP contribution is 2.29. The topological polar surface area (TPSA) is 74.8 Å². The first-order chi connectivity index (χ1) is 8.22. The lowest BCUT2D eigenvalue weighted by Gasteiger charge is -2.33. The van der Waals surface area contributed by atoms with E-state index in [1.54, 1.807) is 4.90 Å². The monoisotopic (exact) mass is 237 g/mol. The van der Waals surface area contributed by atoms with E-state index < -0.39 is 0 Å². The van der Waals surface area contributed by atoms with E-state index in [0.29, 0.717) is 6.04 Å². The molecule has 1 N–H and O–H groups in total. The molecular weight excluding hydrogens is 218 g/mol. The van der Waals surface area contributed by atoms with Crippen LogP contribution in [0.2, 0.25) is 0 Å². The molecule has 1 saturated carbocycles. The van der Waals surface area contributed by atoms with Crippen LogP contribution in [0, 0.1) is 5.92 Å². The lowest BCUT2D eigenvalue weighted by Crippen LogP contribution is -2.39. The van der Waals surface area contributed by atoms with Gasteiger partial charge in [0.05, 0.1) is 0 Å². The maximum atomic E-state index is 12.0. The van der Waals surface area contributed by atoms with Crippen molar-refractivity contribution < 1.29 is 4.79 Å². The summed E-state index contributed by atoms with van der Waals surface area (Å²) < 4.78 is 0. The quantitative estimate of drug-likeness (QED) is 0.858. The average Bonchev–Trinajstić information content (AvgIpc) is 2.91. The van der Waals surface area contributed by atoms with E-state index in [2.05, 4.69) is 27.5 Å². The maximum absolute atomic E-state index is 12.0. The molecule has 0 saturated heterocycles. The van der Waals surface area contributed by atoms with Crippen LogP contribution in [0.1, 0.15) is 49.6 Å². The number of nitrogens with one attached hydrogen (secondary N) is 1. The van der Waals surface area contributed by atoms with Crippen LogP contribution in [0.4, 0.5) is 0 Å². The summed E-state index contributed by atoms with van der Waals surface area (Å²) in [4.78, 5) is 13.8. The number of carbonyl (C=O) groups excluding carboxylic acids is 1. The average molecular weight is 237 g/mol. The third-order valence-corrected chi connectivity index (χ3v) is 3.80. The van der Waals surface area contributed by atoms with E-state index in [1.165, 1.54) is 19.3 Å².